The Balaban J connectivity index is 1.77. The Bertz CT molecular complexity index is 453. The lowest BCUT2D eigenvalue weighted by atomic mass is 9.97. The van der Waals surface area contributed by atoms with Crippen LogP contribution >= 0.6 is 0 Å². The van der Waals surface area contributed by atoms with Crippen LogP contribution in [0.1, 0.15) is 25.3 Å². The summed E-state index contributed by atoms with van der Waals surface area (Å²) in [7, 11) is 2.00. The number of anilines is 1. The number of carbonyl (C=O) groups excluding carboxylic acids is 1. The van der Waals surface area contributed by atoms with E-state index in [1.807, 2.05) is 19.2 Å². The molecule has 0 saturated carbocycles. The molecule has 1 heterocycles. The second kappa shape index (κ2) is 8.15. The first-order valence-electron chi connectivity index (χ1n) is 7.97. The predicted octanol–water partition coefficient (Wildman–Crippen LogP) is 2.12. The first-order chi connectivity index (χ1) is 10.2. The molecule has 1 aromatic rings. The maximum atomic E-state index is 12.1. The van der Waals surface area contributed by atoms with Gasteiger partial charge >= 0.3 is 0 Å². The molecule has 2 N–H and O–H groups in total. The number of piperidine rings is 1. The second-order valence-electron chi connectivity index (χ2n) is 5.88. The van der Waals surface area contributed by atoms with Gasteiger partial charge in [-0.2, -0.15) is 0 Å². The highest BCUT2D eigenvalue weighted by Gasteiger charge is 2.20. The highest BCUT2D eigenvalue weighted by molar-refractivity contribution is 5.92. The van der Waals surface area contributed by atoms with E-state index >= 15 is 0 Å². The minimum Gasteiger partial charge on any atom is -0.325 e. The average Bonchev–Trinajstić information content (AvgIpc) is 2.49. The van der Waals surface area contributed by atoms with Gasteiger partial charge in [-0.3, -0.25) is 9.69 Å². The standard InChI is InChI=1S/C17H27N3O/c1-3-14-5-4-6-16(11-14)19-17(21)13-20-9-7-15(8-10-20)12-18-2/h4-6,11,15,18H,3,7-10,12-13H2,1-2H3,(H,19,21). The summed E-state index contributed by atoms with van der Waals surface area (Å²) in [6, 6.07) is 8.09. The fourth-order valence-corrected chi connectivity index (χ4v) is 2.91. The van der Waals surface area contributed by atoms with E-state index in [2.05, 4.69) is 34.6 Å². The molecule has 0 unspecified atom stereocenters. The van der Waals surface area contributed by atoms with Crippen molar-refractivity contribution in [2.45, 2.75) is 26.2 Å². The van der Waals surface area contributed by atoms with Crippen molar-refractivity contribution in [2.24, 2.45) is 5.92 Å². The Labute approximate surface area is 127 Å². The molecular weight excluding hydrogens is 262 g/mol. The van der Waals surface area contributed by atoms with Gasteiger partial charge in [-0.25, -0.2) is 0 Å². The van der Waals surface area contributed by atoms with Gasteiger partial charge in [0.05, 0.1) is 6.54 Å². The van der Waals surface area contributed by atoms with Crippen LogP contribution in [0.25, 0.3) is 0 Å². The molecule has 1 fully saturated rings. The summed E-state index contributed by atoms with van der Waals surface area (Å²) in [6.07, 6.45) is 3.35. The molecule has 1 amide bonds. The molecule has 0 bridgehead atoms. The number of hydrogen-bond acceptors (Lipinski definition) is 3. The third-order valence-corrected chi connectivity index (χ3v) is 4.19. The van der Waals surface area contributed by atoms with E-state index in [9.17, 15) is 4.79 Å². The fraction of sp³-hybridized carbons (Fsp3) is 0.588. The lowest BCUT2D eigenvalue weighted by Gasteiger charge is -2.31. The molecule has 0 spiro atoms. The molecule has 0 aromatic heterocycles. The number of nitrogens with zero attached hydrogens (tertiary/aromatic N) is 1. The summed E-state index contributed by atoms with van der Waals surface area (Å²) in [5, 5.41) is 6.25. The Morgan fingerprint density at radius 2 is 2.10 bits per heavy atom. The number of rotatable bonds is 6. The monoisotopic (exact) mass is 289 g/mol. The number of likely N-dealkylation sites (tertiary alicyclic amines) is 1. The largest absolute Gasteiger partial charge is 0.325 e. The van der Waals surface area contributed by atoms with Crippen molar-refractivity contribution >= 4 is 11.6 Å². The van der Waals surface area contributed by atoms with Gasteiger partial charge in [-0.05, 0) is 69.6 Å². The van der Waals surface area contributed by atoms with Crippen LogP contribution in [-0.4, -0.2) is 44.0 Å². The van der Waals surface area contributed by atoms with E-state index in [0.29, 0.717) is 6.54 Å². The van der Waals surface area contributed by atoms with Gasteiger partial charge in [-0.15, -0.1) is 0 Å². The predicted molar refractivity (Wildman–Crippen MR) is 87.5 cm³/mol. The number of nitrogens with one attached hydrogen (secondary N) is 2. The summed E-state index contributed by atoms with van der Waals surface area (Å²) in [5.41, 5.74) is 2.16. The van der Waals surface area contributed by atoms with E-state index in [4.69, 9.17) is 0 Å². The van der Waals surface area contributed by atoms with Gasteiger partial charge in [-0.1, -0.05) is 19.1 Å². The second-order valence-corrected chi connectivity index (χ2v) is 5.88. The van der Waals surface area contributed by atoms with Crippen LogP contribution in [0.4, 0.5) is 5.69 Å². The van der Waals surface area contributed by atoms with Gasteiger partial charge in [0, 0.05) is 5.69 Å². The maximum absolute atomic E-state index is 12.1. The lowest BCUT2D eigenvalue weighted by molar-refractivity contribution is -0.117. The van der Waals surface area contributed by atoms with Crippen LogP contribution in [0.5, 0.6) is 0 Å². The van der Waals surface area contributed by atoms with Gasteiger partial charge in [0.1, 0.15) is 0 Å². The molecule has 1 aliphatic heterocycles. The van der Waals surface area contributed by atoms with Crippen molar-refractivity contribution in [3.05, 3.63) is 29.8 Å². The van der Waals surface area contributed by atoms with Crippen LogP contribution in [0.2, 0.25) is 0 Å². The Kier molecular flexibility index (Phi) is 6.21. The molecule has 1 aromatic carbocycles. The smallest absolute Gasteiger partial charge is 0.238 e. The number of hydrogen-bond donors (Lipinski definition) is 2. The minimum absolute atomic E-state index is 0.0929. The average molecular weight is 289 g/mol. The third-order valence-electron chi connectivity index (χ3n) is 4.19. The SMILES string of the molecule is CCc1cccc(NC(=O)CN2CCC(CNC)CC2)c1. The van der Waals surface area contributed by atoms with Crippen LogP contribution in [0, 0.1) is 5.92 Å². The first-order valence-corrected chi connectivity index (χ1v) is 7.97. The molecule has 1 saturated heterocycles. The van der Waals surface area contributed by atoms with Crippen LogP contribution < -0.4 is 10.6 Å². The van der Waals surface area contributed by atoms with Gasteiger partial charge in [0.2, 0.25) is 5.91 Å². The number of aryl methyl sites for hydroxylation is 1. The van der Waals surface area contributed by atoms with E-state index in [-0.39, 0.29) is 5.91 Å². The summed E-state index contributed by atoms with van der Waals surface area (Å²) in [4.78, 5) is 14.4. The van der Waals surface area contributed by atoms with Crippen LogP contribution in [0.3, 0.4) is 0 Å². The summed E-state index contributed by atoms with van der Waals surface area (Å²) in [5.74, 6) is 0.853. The molecule has 2 rings (SSSR count). The van der Waals surface area contributed by atoms with Crippen molar-refractivity contribution in [3.8, 4) is 0 Å². The molecule has 21 heavy (non-hydrogen) atoms. The van der Waals surface area contributed by atoms with Gasteiger partial charge in [0.25, 0.3) is 0 Å². The van der Waals surface area contributed by atoms with Gasteiger partial charge < -0.3 is 10.6 Å². The Morgan fingerprint density at radius 3 is 2.76 bits per heavy atom. The zero-order valence-electron chi connectivity index (χ0n) is 13.2. The van der Waals surface area contributed by atoms with E-state index in [1.54, 1.807) is 0 Å². The molecule has 0 radical (unpaired) electrons. The molecule has 0 aliphatic carbocycles. The molecular formula is C17H27N3O. The van der Waals surface area contributed by atoms with E-state index in [1.165, 1.54) is 18.4 Å². The molecule has 4 nitrogen and oxygen atoms in total. The summed E-state index contributed by atoms with van der Waals surface area (Å²) in [6.45, 7) is 5.76. The van der Waals surface area contributed by atoms with Crippen molar-refractivity contribution in [3.63, 3.8) is 0 Å². The van der Waals surface area contributed by atoms with Crippen molar-refractivity contribution in [1.82, 2.24) is 10.2 Å². The highest BCUT2D eigenvalue weighted by Crippen LogP contribution is 2.16. The number of amides is 1. The zero-order valence-corrected chi connectivity index (χ0v) is 13.2. The highest BCUT2D eigenvalue weighted by atomic mass is 16.2. The summed E-state index contributed by atoms with van der Waals surface area (Å²) >= 11 is 0. The van der Waals surface area contributed by atoms with Crippen molar-refractivity contribution < 1.29 is 4.79 Å². The molecule has 1 aliphatic rings. The first kappa shape index (κ1) is 16.0. The quantitative estimate of drug-likeness (QED) is 0.843. The van der Waals surface area contributed by atoms with Crippen molar-refractivity contribution in [1.29, 1.82) is 0 Å². The lowest BCUT2D eigenvalue weighted by Crippen LogP contribution is -2.40. The number of carbonyl (C=O) groups is 1. The third kappa shape index (κ3) is 5.14. The van der Waals surface area contributed by atoms with E-state index in [0.717, 1.165) is 37.7 Å². The number of benzene rings is 1. The summed E-state index contributed by atoms with van der Waals surface area (Å²) < 4.78 is 0. The molecule has 0 atom stereocenters. The Hall–Kier alpha value is -1.39. The van der Waals surface area contributed by atoms with Crippen LogP contribution in [-0.2, 0) is 11.2 Å². The van der Waals surface area contributed by atoms with Gasteiger partial charge in [0.15, 0.2) is 0 Å². The fourth-order valence-electron chi connectivity index (χ4n) is 2.91. The maximum Gasteiger partial charge on any atom is 0.238 e. The molecule has 116 valence electrons. The van der Waals surface area contributed by atoms with E-state index < -0.39 is 0 Å². The van der Waals surface area contributed by atoms with Crippen molar-refractivity contribution in [2.75, 3.05) is 38.5 Å². The topological polar surface area (TPSA) is 44.4 Å². The Morgan fingerprint density at radius 1 is 1.33 bits per heavy atom. The zero-order chi connectivity index (χ0) is 15.1. The molecule has 4 heteroatoms. The minimum atomic E-state index is 0.0929. The normalized spacial score (nSPS) is 16.9. The van der Waals surface area contributed by atoms with Crippen LogP contribution in [0.15, 0.2) is 24.3 Å².